The molecule has 0 amide bonds. The van der Waals surface area contributed by atoms with Crippen molar-refractivity contribution in [3.63, 3.8) is 0 Å². The molecule has 0 radical (unpaired) electrons. The first-order chi connectivity index (χ1) is 7.84. The molecule has 3 nitrogen and oxygen atoms in total. The van der Waals surface area contributed by atoms with Crippen molar-refractivity contribution in [2.24, 2.45) is 7.05 Å². The van der Waals surface area contributed by atoms with Crippen molar-refractivity contribution < 1.29 is 4.74 Å². The summed E-state index contributed by atoms with van der Waals surface area (Å²) < 4.78 is 8.14. The number of para-hydroxylation sites is 1. The third-order valence-corrected chi connectivity index (χ3v) is 3.17. The van der Waals surface area contributed by atoms with Gasteiger partial charge in [0.15, 0.2) is 0 Å². The predicted octanol–water partition coefficient (Wildman–Crippen LogP) is 1.92. The van der Waals surface area contributed by atoms with Crippen molar-refractivity contribution in [3.05, 3.63) is 30.5 Å². The molecule has 16 heavy (non-hydrogen) atoms. The summed E-state index contributed by atoms with van der Waals surface area (Å²) in [5.41, 5.74) is 1.23. The molecule has 2 aromatic rings. The van der Waals surface area contributed by atoms with Gasteiger partial charge in [-0.25, -0.2) is 0 Å². The summed E-state index contributed by atoms with van der Waals surface area (Å²) in [6.07, 6.45) is 3.50. The Bertz CT molecular complexity index is 498. The van der Waals surface area contributed by atoms with Gasteiger partial charge >= 0.3 is 0 Å². The van der Waals surface area contributed by atoms with E-state index in [0.717, 1.165) is 25.3 Å². The van der Waals surface area contributed by atoms with E-state index in [1.54, 1.807) is 0 Å². The Kier molecular flexibility index (Phi) is 2.33. The highest BCUT2D eigenvalue weighted by molar-refractivity contribution is 5.86. The van der Waals surface area contributed by atoms with Crippen molar-refractivity contribution in [3.8, 4) is 5.75 Å². The molecule has 1 aromatic heterocycles. The van der Waals surface area contributed by atoms with Crippen LogP contribution in [0.1, 0.15) is 6.42 Å². The smallest absolute Gasteiger partial charge is 0.145 e. The number of hydrogen-bond donors (Lipinski definition) is 1. The molecule has 1 fully saturated rings. The van der Waals surface area contributed by atoms with Gasteiger partial charge in [-0.2, -0.15) is 0 Å². The number of hydrogen-bond acceptors (Lipinski definition) is 2. The van der Waals surface area contributed by atoms with Gasteiger partial charge in [-0.1, -0.05) is 12.1 Å². The van der Waals surface area contributed by atoms with E-state index >= 15 is 0 Å². The highest BCUT2D eigenvalue weighted by atomic mass is 16.5. The lowest BCUT2D eigenvalue weighted by molar-refractivity contribution is 0.225. The number of aromatic nitrogens is 1. The van der Waals surface area contributed by atoms with Crippen molar-refractivity contribution in [2.45, 2.75) is 12.5 Å². The van der Waals surface area contributed by atoms with Crippen LogP contribution < -0.4 is 10.1 Å². The molecule has 1 aliphatic rings. The lowest BCUT2D eigenvalue weighted by Crippen LogP contribution is -2.19. The number of nitrogens with one attached hydrogen (secondary N) is 1. The van der Waals surface area contributed by atoms with Crippen LogP contribution in [0, 0.1) is 0 Å². The van der Waals surface area contributed by atoms with Crippen molar-refractivity contribution in [1.82, 2.24) is 9.88 Å². The third kappa shape index (κ3) is 1.57. The number of aryl methyl sites for hydroxylation is 1. The summed E-state index contributed by atoms with van der Waals surface area (Å²) in [6, 6.07) is 8.35. The average molecular weight is 216 g/mol. The topological polar surface area (TPSA) is 26.2 Å². The summed E-state index contributed by atoms with van der Waals surface area (Å²) in [7, 11) is 2.06. The maximum Gasteiger partial charge on any atom is 0.145 e. The Balaban J connectivity index is 1.96. The summed E-state index contributed by atoms with van der Waals surface area (Å²) in [4.78, 5) is 0. The first-order valence-electron chi connectivity index (χ1n) is 5.76. The Morgan fingerprint density at radius 3 is 3.06 bits per heavy atom. The number of ether oxygens (including phenoxy) is 1. The van der Waals surface area contributed by atoms with Gasteiger partial charge in [0.1, 0.15) is 11.9 Å². The van der Waals surface area contributed by atoms with Gasteiger partial charge in [0.05, 0.1) is 5.52 Å². The van der Waals surface area contributed by atoms with Crippen LogP contribution in [0.3, 0.4) is 0 Å². The fourth-order valence-electron chi connectivity index (χ4n) is 2.31. The maximum atomic E-state index is 6.03. The Morgan fingerprint density at radius 1 is 1.38 bits per heavy atom. The first kappa shape index (κ1) is 9.73. The summed E-state index contributed by atoms with van der Waals surface area (Å²) in [6.45, 7) is 2.03. The van der Waals surface area contributed by atoms with Gasteiger partial charge in [-0.15, -0.1) is 0 Å². The molecule has 1 unspecified atom stereocenters. The van der Waals surface area contributed by atoms with E-state index in [-0.39, 0.29) is 0 Å². The van der Waals surface area contributed by atoms with Crippen molar-refractivity contribution in [1.29, 1.82) is 0 Å². The normalized spacial score (nSPS) is 20.4. The van der Waals surface area contributed by atoms with Crippen LogP contribution in [-0.2, 0) is 7.05 Å². The highest BCUT2D eigenvalue weighted by Crippen LogP contribution is 2.28. The number of benzene rings is 1. The Hall–Kier alpha value is -1.48. The van der Waals surface area contributed by atoms with Gasteiger partial charge in [-0.05, 0) is 25.1 Å². The van der Waals surface area contributed by atoms with E-state index in [9.17, 15) is 0 Å². The van der Waals surface area contributed by atoms with Crippen molar-refractivity contribution in [2.75, 3.05) is 13.1 Å². The molecule has 2 heterocycles. The largest absolute Gasteiger partial charge is 0.487 e. The highest BCUT2D eigenvalue weighted by Gasteiger charge is 2.17. The molecule has 1 atom stereocenters. The van der Waals surface area contributed by atoms with E-state index in [4.69, 9.17) is 4.74 Å². The summed E-state index contributed by atoms with van der Waals surface area (Å²) in [5, 5.41) is 4.52. The van der Waals surface area contributed by atoms with Gasteiger partial charge in [0, 0.05) is 25.2 Å². The van der Waals surface area contributed by atoms with Gasteiger partial charge in [0.2, 0.25) is 0 Å². The zero-order valence-electron chi connectivity index (χ0n) is 9.44. The lowest BCUT2D eigenvalue weighted by atomic mass is 10.2. The average Bonchev–Trinajstić information content (AvgIpc) is 2.90. The Morgan fingerprint density at radius 2 is 2.25 bits per heavy atom. The zero-order valence-corrected chi connectivity index (χ0v) is 9.44. The lowest BCUT2D eigenvalue weighted by Gasteiger charge is -2.10. The van der Waals surface area contributed by atoms with Crippen LogP contribution in [0.15, 0.2) is 30.5 Å². The minimum absolute atomic E-state index is 0.325. The minimum Gasteiger partial charge on any atom is -0.487 e. The maximum absolute atomic E-state index is 6.03. The van der Waals surface area contributed by atoms with Crippen molar-refractivity contribution >= 4 is 10.9 Å². The molecular formula is C13H16N2O. The molecular weight excluding hydrogens is 200 g/mol. The molecule has 3 rings (SSSR count). The van der Waals surface area contributed by atoms with Crippen LogP contribution in [0.5, 0.6) is 5.75 Å². The fraction of sp³-hybridized carbons (Fsp3) is 0.385. The van der Waals surface area contributed by atoms with E-state index < -0.39 is 0 Å². The van der Waals surface area contributed by atoms with Gasteiger partial charge < -0.3 is 14.6 Å². The van der Waals surface area contributed by atoms with Crippen LogP contribution in [0.25, 0.3) is 10.9 Å². The molecule has 1 aliphatic heterocycles. The predicted molar refractivity (Wildman–Crippen MR) is 64.8 cm³/mol. The molecule has 3 heteroatoms. The van der Waals surface area contributed by atoms with Gasteiger partial charge in [-0.3, -0.25) is 0 Å². The molecule has 84 valence electrons. The summed E-state index contributed by atoms with van der Waals surface area (Å²) >= 11 is 0. The van der Waals surface area contributed by atoms with Crippen LogP contribution in [0.2, 0.25) is 0 Å². The SMILES string of the molecule is Cn1cc(OC2CCNC2)c2ccccc21. The monoisotopic (exact) mass is 216 g/mol. The van der Waals surface area contributed by atoms with Crippen LogP contribution in [0.4, 0.5) is 0 Å². The van der Waals surface area contributed by atoms with E-state index in [2.05, 4.69) is 47.4 Å². The molecule has 1 saturated heterocycles. The minimum atomic E-state index is 0.325. The second-order valence-electron chi connectivity index (χ2n) is 4.35. The first-order valence-corrected chi connectivity index (χ1v) is 5.76. The quantitative estimate of drug-likeness (QED) is 0.830. The standard InChI is InChI=1S/C13H16N2O/c1-15-9-13(16-10-6-7-14-8-10)11-4-2-3-5-12(11)15/h2-5,9-10,14H,6-8H2,1H3. The Labute approximate surface area is 95.0 Å². The summed E-state index contributed by atoms with van der Waals surface area (Å²) in [5.74, 6) is 1.01. The van der Waals surface area contributed by atoms with Gasteiger partial charge in [0.25, 0.3) is 0 Å². The molecule has 1 aromatic carbocycles. The number of nitrogens with zero attached hydrogens (tertiary/aromatic N) is 1. The van der Waals surface area contributed by atoms with E-state index in [1.165, 1.54) is 10.9 Å². The third-order valence-electron chi connectivity index (χ3n) is 3.17. The fourth-order valence-corrected chi connectivity index (χ4v) is 2.31. The molecule has 1 N–H and O–H groups in total. The molecule has 0 bridgehead atoms. The second kappa shape index (κ2) is 3.83. The number of fused-ring (bicyclic) bond motifs is 1. The molecule has 0 saturated carbocycles. The molecule has 0 spiro atoms. The number of rotatable bonds is 2. The second-order valence-corrected chi connectivity index (χ2v) is 4.35. The van der Waals surface area contributed by atoms with Crippen LogP contribution >= 0.6 is 0 Å². The van der Waals surface area contributed by atoms with Crippen LogP contribution in [-0.4, -0.2) is 23.8 Å². The van der Waals surface area contributed by atoms with E-state index in [1.807, 2.05) is 0 Å². The molecule has 0 aliphatic carbocycles. The zero-order chi connectivity index (χ0) is 11.0. The van der Waals surface area contributed by atoms with E-state index in [0.29, 0.717) is 6.10 Å².